The van der Waals surface area contributed by atoms with Gasteiger partial charge in [-0.1, -0.05) is 6.08 Å². The van der Waals surface area contributed by atoms with Gasteiger partial charge in [-0.2, -0.15) is 0 Å². The maximum absolute atomic E-state index is 9.93. The van der Waals surface area contributed by atoms with Gasteiger partial charge in [0, 0.05) is 19.0 Å². The molecule has 0 aromatic rings. The lowest BCUT2D eigenvalue weighted by molar-refractivity contribution is -0.137. The van der Waals surface area contributed by atoms with E-state index in [1.54, 1.807) is 6.08 Å². The summed E-state index contributed by atoms with van der Waals surface area (Å²) in [6.45, 7) is 3.89. The maximum atomic E-state index is 9.93. The molecule has 0 aliphatic carbocycles. The predicted molar refractivity (Wildman–Crippen MR) is 51.2 cm³/mol. The van der Waals surface area contributed by atoms with Crippen molar-refractivity contribution < 1.29 is 15.0 Å². The molecule has 0 aliphatic heterocycles. The van der Waals surface area contributed by atoms with Gasteiger partial charge in [0.2, 0.25) is 0 Å². The van der Waals surface area contributed by atoms with Crippen LogP contribution in [-0.4, -0.2) is 35.4 Å². The molecule has 78 valence electrons. The van der Waals surface area contributed by atoms with Gasteiger partial charge in [0.1, 0.15) is 0 Å². The Morgan fingerprint density at radius 2 is 2.08 bits per heavy atom. The largest absolute Gasteiger partial charge is 0.481 e. The minimum Gasteiger partial charge on any atom is -0.481 e. The molecule has 0 aromatic carbocycles. The number of aliphatic hydroxyl groups excluding tert-OH is 1. The zero-order valence-electron chi connectivity index (χ0n) is 7.65. The summed E-state index contributed by atoms with van der Waals surface area (Å²) < 4.78 is 0. The van der Waals surface area contributed by atoms with Crippen LogP contribution in [0.15, 0.2) is 12.7 Å². The van der Waals surface area contributed by atoms with Crippen molar-refractivity contribution in [2.24, 2.45) is 11.5 Å². The Labute approximate surface area is 78.0 Å². The first-order valence-electron chi connectivity index (χ1n) is 3.99. The molecule has 5 heteroatoms. The van der Waals surface area contributed by atoms with Crippen molar-refractivity contribution in [3.05, 3.63) is 12.7 Å². The first-order chi connectivity index (χ1) is 6.08. The van der Waals surface area contributed by atoms with Crippen LogP contribution >= 0.6 is 0 Å². The highest BCUT2D eigenvalue weighted by molar-refractivity contribution is 5.66. The number of nitrogens with two attached hydrogens (primary N) is 2. The summed E-state index contributed by atoms with van der Waals surface area (Å²) in [6.07, 6.45) is 2.13. The number of carbonyl (C=O) groups is 1. The number of aliphatic carboxylic acids is 1. The van der Waals surface area contributed by atoms with Crippen molar-refractivity contribution >= 4 is 5.97 Å². The van der Waals surface area contributed by atoms with Gasteiger partial charge in [0.25, 0.3) is 0 Å². The number of hydrogen-bond acceptors (Lipinski definition) is 4. The molecule has 0 saturated carbocycles. The van der Waals surface area contributed by atoms with E-state index in [1.165, 1.54) is 0 Å². The van der Waals surface area contributed by atoms with E-state index in [-0.39, 0.29) is 19.1 Å². The molecular formula is C8H18N2O3. The Hall–Kier alpha value is -0.910. The molecule has 1 unspecified atom stereocenters. The molecule has 0 aromatic heterocycles. The Bertz CT molecular complexity index is 137. The Kier molecular flexibility index (Phi) is 12.5. The fraction of sp³-hybridized carbons (Fsp3) is 0.625. The van der Waals surface area contributed by atoms with E-state index in [4.69, 9.17) is 21.7 Å². The highest BCUT2D eigenvalue weighted by Gasteiger charge is 1.99. The third kappa shape index (κ3) is 18.2. The van der Waals surface area contributed by atoms with Gasteiger partial charge >= 0.3 is 5.97 Å². The van der Waals surface area contributed by atoms with E-state index in [1.807, 2.05) is 0 Å². The zero-order chi connectivity index (χ0) is 10.7. The lowest BCUT2D eigenvalue weighted by Gasteiger charge is -2.00. The summed E-state index contributed by atoms with van der Waals surface area (Å²) in [5, 5.41) is 15.9. The van der Waals surface area contributed by atoms with Crippen LogP contribution in [0.2, 0.25) is 0 Å². The highest BCUT2D eigenvalue weighted by Crippen LogP contribution is 1.93. The number of hydrogen-bond donors (Lipinski definition) is 4. The molecule has 1 atom stereocenters. The molecule has 6 N–H and O–H groups in total. The molecule has 0 saturated heterocycles. The van der Waals surface area contributed by atoms with Crippen molar-refractivity contribution in [1.29, 1.82) is 0 Å². The van der Waals surface area contributed by atoms with Gasteiger partial charge in [0.05, 0.1) is 6.61 Å². The van der Waals surface area contributed by atoms with Crippen LogP contribution in [0.4, 0.5) is 0 Å². The predicted octanol–water partition coefficient (Wildman–Crippen LogP) is -0.698. The summed E-state index contributed by atoms with van der Waals surface area (Å²) in [6, 6.07) is -0.180. The molecule has 5 nitrogen and oxygen atoms in total. The second-order valence-electron chi connectivity index (χ2n) is 2.34. The second kappa shape index (κ2) is 11.1. The Morgan fingerprint density at radius 3 is 2.31 bits per heavy atom. The first-order valence-corrected chi connectivity index (χ1v) is 3.99. The van der Waals surface area contributed by atoms with E-state index in [2.05, 4.69) is 6.58 Å². The number of rotatable bonds is 5. The number of aliphatic hydroxyl groups is 1. The van der Waals surface area contributed by atoms with Gasteiger partial charge in [-0.3, -0.25) is 4.79 Å². The average molecular weight is 190 g/mol. The summed E-state index contributed by atoms with van der Waals surface area (Å²) in [5.41, 5.74) is 10.1. The quantitative estimate of drug-likeness (QED) is 0.429. The Balaban J connectivity index is 0. The summed E-state index contributed by atoms with van der Waals surface area (Å²) in [7, 11) is 0. The summed E-state index contributed by atoms with van der Waals surface area (Å²) >= 11 is 0. The highest BCUT2D eigenvalue weighted by atomic mass is 16.4. The zero-order valence-corrected chi connectivity index (χ0v) is 7.65. The second-order valence-corrected chi connectivity index (χ2v) is 2.34. The lowest BCUT2D eigenvalue weighted by atomic mass is 10.2. The molecule has 13 heavy (non-hydrogen) atoms. The van der Waals surface area contributed by atoms with Crippen molar-refractivity contribution in [3.8, 4) is 0 Å². The van der Waals surface area contributed by atoms with Crippen LogP contribution in [0.3, 0.4) is 0 Å². The van der Waals surface area contributed by atoms with Crippen molar-refractivity contribution in [2.75, 3.05) is 13.2 Å². The van der Waals surface area contributed by atoms with Crippen LogP contribution in [0.25, 0.3) is 0 Å². The molecule has 0 rings (SSSR count). The molecule has 0 heterocycles. The summed E-state index contributed by atoms with van der Waals surface area (Å²) in [5.74, 6) is -0.813. The van der Waals surface area contributed by atoms with Gasteiger partial charge < -0.3 is 21.7 Å². The van der Waals surface area contributed by atoms with Crippen LogP contribution in [-0.2, 0) is 4.79 Å². The molecule has 0 radical (unpaired) electrons. The molecule has 0 aliphatic rings. The smallest absolute Gasteiger partial charge is 0.303 e. The van der Waals surface area contributed by atoms with E-state index in [0.29, 0.717) is 13.0 Å². The van der Waals surface area contributed by atoms with Gasteiger partial charge in [-0.15, -0.1) is 6.58 Å². The van der Waals surface area contributed by atoms with Crippen LogP contribution in [0.5, 0.6) is 0 Å². The molecule has 0 fully saturated rings. The standard InChI is InChI=1S/C6H11NO2.C2H7NO/c1-2-5(7)3-4-6(8)9;3-1-2-4/h2,5H,1,3-4,7H2,(H,8,9);4H,1-3H2. The monoisotopic (exact) mass is 190 g/mol. The van der Waals surface area contributed by atoms with Crippen molar-refractivity contribution in [3.63, 3.8) is 0 Å². The molecule has 0 bridgehead atoms. The Morgan fingerprint density at radius 1 is 1.62 bits per heavy atom. The third-order valence-corrected chi connectivity index (χ3v) is 1.12. The van der Waals surface area contributed by atoms with E-state index < -0.39 is 5.97 Å². The van der Waals surface area contributed by atoms with Crippen LogP contribution < -0.4 is 11.5 Å². The molecular weight excluding hydrogens is 172 g/mol. The van der Waals surface area contributed by atoms with Crippen LogP contribution in [0, 0.1) is 0 Å². The topological polar surface area (TPSA) is 110 Å². The number of carboxylic acids is 1. The maximum Gasteiger partial charge on any atom is 0.303 e. The van der Waals surface area contributed by atoms with E-state index in [0.717, 1.165) is 0 Å². The fourth-order valence-corrected chi connectivity index (χ4v) is 0.408. The van der Waals surface area contributed by atoms with Gasteiger partial charge in [-0.25, -0.2) is 0 Å². The van der Waals surface area contributed by atoms with E-state index >= 15 is 0 Å². The van der Waals surface area contributed by atoms with Gasteiger partial charge in [0.15, 0.2) is 0 Å². The normalized spacial score (nSPS) is 11.0. The first kappa shape index (κ1) is 14.6. The minimum absolute atomic E-state index is 0.0972. The minimum atomic E-state index is -0.813. The van der Waals surface area contributed by atoms with Crippen molar-refractivity contribution in [2.45, 2.75) is 18.9 Å². The lowest BCUT2D eigenvalue weighted by Crippen LogP contribution is -2.17. The van der Waals surface area contributed by atoms with Gasteiger partial charge in [-0.05, 0) is 6.42 Å². The third-order valence-electron chi connectivity index (χ3n) is 1.12. The SMILES string of the molecule is C=CC(N)CCC(=O)O.NCCO. The average Bonchev–Trinajstić information content (AvgIpc) is 2.14. The van der Waals surface area contributed by atoms with Crippen LogP contribution in [0.1, 0.15) is 12.8 Å². The fourth-order valence-electron chi connectivity index (χ4n) is 0.408. The van der Waals surface area contributed by atoms with E-state index in [9.17, 15) is 4.79 Å². The van der Waals surface area contributed by atoms with Crippen molar-refractivity contribution in [1.82, 2.24) is 0 Å². The summed E-state index contributed by atoms with van der Waals surface area (Å²) in [4.78, 5) is 9.93. The molecule has 0 spiro atoms. The molecule has 0 amide bonds. The number of carboxylic acid groups (broad SMARTS) is 1.